The summed E-state index contributed by atoms with van der Waals surface area (Å²) in [6, 6.07) is 0. The maximum absolute atomic E-state index is 10.8. The van der Waals surface area contributed by atoms with E-state index in [1.54, 1.807) is 0 Å². The lowest BCUT2D eigenvalue weighted by Gasteiger charge is -2.09. The van der Waals surface area contributed by atoms with Crippen LogP contribution in [0.15, 0.2) is 0 Å². The molecule has 0 saturated carbocycles. The molecule has 2 rings (SSSR count). The van der Waals surface area contributed by atoms with Gasteiger partial charge in [0.2, 0.25) is 0 Å². The van der Waals surface area contributed by atoms with Crippen molar-refractivity contribution < 1.29 is 9.53 Å². The maximum Gasteiger partial charge on any atom is 0.153 e. The number of aromatic nitrogens is 2. The molecule has 1 aromatic heterocycles. The van der Waals surface area contributed by atoms with Gasteiger partial charge in [-0.25, -0.2) is 0 Å². The Kier molecular flexibility index (Phi) is 2.86. The molecule has 15 heavy (non-hydrogen) atoms. The number of aryl methyl sites for hydroxylation is 1. The first-order chi connectivity index (χ1) is 7.22. The Morgan fingerprint density at radius 3 is 2.93 bits per heavy atom. The summed E-state index contributed by atoms with van der Waals surface area (Å²) in [4.78, 5) is 10.8. The highest BCUT2D eigenvalue weighted by molar-refractivity contribution is 5.77. The molecular formula is C11H16N2O2. The summed E-state index contributed by atoms with van der Waals surface area (Å²) in [7, 11) is 0. The summed E-state index contributed by atoms with van der Waals surface area (Å²) in [5.41, 5.74) is 2.52. The second-order valence-electron chi connectivity index (χ2n) is 4.11. The molecule has 0 aromatic carbocycles. The lowest BCUT2D eigenvalue weighted by molar-refractivity contribution is 0.112. The quantitative estimate of drug-likeness (QED) is 0.704. The van der Waals surface area contributed by atoms with Crippen molar-refractivity contribution in [2.75, 3.05) is 13.2 Å². The molecule has 1 saturated heterocycles. The Balaban J connectivity index is 2.17. The van der Waals surface area contributed by atoms with E-state index in [1.807, 2.05) is 18.5 Å². The van der Waals surface area contributed by atoms with E-state index < -0.39 is 0 Å². The molecule has 0 radical (unpaired) electrons. The van der Waals surface area contributed by atoms with Crippen LogP contribution >= 0.6 is 0 Å². The molecule has 0 spiro atoms. The van der Waals surface area contributed by atoms with Gasteiger partial charge in [-0.1, -0.05) is 0 Å². The maximum atomic E-state index is 10.8. The molecular weight excluding hydrogens is 192 g/mol. The fourth-order valence-electron chi connectivity index (χ4n) is 2.03. The molecule has 2 heterocycles. The second-order valence-corrected chi connectivity index (χ2v) is 4.11. The number of aldehydes is 1. The van der Waals surface area contributed by atoms with Crippen molar-refractivity contribution >= 4 is 6.29 Å². The van der Waals surface area contributed by atoms with Gasteiger partial charge in [-0.15, -0.1) is 0 Å². The van der Waals surface area contributed by atoms with Crippen LogP contribution in [0.4, 0.5) is 0 Å². The third kappa shape index (κ3) is 1.95. The minimum atomic E-state index is 0.544. The van der Waals surface area contributed by atoms with Crippen LogP contribution in [0.2, 0.25) is 0 Å². The van der Waals surface area contributed by atoms with E-state index in [1.165, 1.54) is 0 Å². The first-order valence-electron chi connectivity index (χ1n) is 5.29. The van der Waals surface area contributed by atoms with E-state index >= 15 is 0 Å². The molecule has 1 unspecified atom stereocenters. The zero-order valence-corrected chi connectivity index (χ0v) is 9.19. The third-order valence-corrected chi connectivity index (χ3v) is 3.01. The van der Waals surface area contributed by atoms with Gasteiger partial charge >= 0.3 is 0 Å². The molecule has 0 aliphatic carbocycles. The number of rotatable bonds is 3. The van der Waals surface area contributed by atoms with Crippen LogP contribution < -0.4 is 0 Å². The van der Waals surface area contributed by atoms with Gasteiger partial charge in [-0.05, 0) is 20.3 Å². The molecule has 1 fully saturated rings. The average molecular weight is 208 g/mol. The van der Waals surface area contributed by atoms with Crippen LogP contribution in [0.3, 0.4) is 0 Å². The minimum absolute atomic E-state index is 0.544. The first kappa shape index (κ1) is 10.4. The summed E-state index contributed by atoms with van der Waals surface area (Å²) in [6.07, 6.45) is 1.98. The van der Waals surface area contributed by atoms with Crippen molar-refractivity contribution in [2.24, 2.45) is 5.92 Å². The van der Waals surface area contributed by atoms with Gasteiger partial charge in [0, 0.05) is 24.8 Å². The number of carbonyl (C=O) groups is 1. The van der Waals surface area contributed by atoms with Gasteiger partial charge in [0.15, 0.2) is 6.29 Å². The van der Waals surface area contributed by atoms with Crippen LogP contribution in [0.25, 0.3) is 0 Å². The molecule has 82 valence electrons. The van der Waals surface area contributed by atoms with Gasteiger partial charge in [-0.2, -0.15) is 5.10 Å². The van der Waals surface area contributed by atoms with Crippen LogP contribution in [0, 0.1) is 19.8 Å². The monoisotopic (exact) mass is 208 g/mol. The summed E-state index contributed by atoms with van der Waals surface area (Å²) >= 11 is 0. The summed E-state index contributed by atoms with van der Waals surface area (Å²) < 4.78 is 7.25. The molecule has 1 aliphatic rings. The molecule has 1 atom stereocenters. The van der Waals surface area contributed by atoms with E-state index in [9.17, 15) is 4.79 Å². The van der Waals surface area contributed by atoms with Gasteiger partial charge in [0.1, 0.15) is 0 Å². The van der Waals surface area contributed by atoms with Crippen molar-refractivity contribution in [2.45, 2.75) is 26.8 Å². The Bertz CT molecular complexity index is 365. The molecule has 4 nitrogen and oxygen atoms in total. The molecule has 0 bridgehead atoms. The van der Waals surface area contributed by atoms with Crippen molar-refractivity contribution in [1.82, 2.24) is 9.78 Å². The van der Waals surface area contributed by atoms with Crippen LogP contribution in [-0.4, -0.2) is 29.3 Å². The lowest BCUT2D eigenvalue weighted by atomic mass is 10.1. The third-order valence-electron chi connectivity index (χ3n) is 3.01. The Morgan fingerprint density at radius 2 is 2.40 bits per heavy atom. The highest BCUT2D eigenvalue weighted by Crippen LogP contribution is 2.17. The summed E-state index contributed by atoms with van der Waals surface area (Å²) in [5, 5.41) is 4.37. The molecule has 4 heteroatoms. The standard InChI is InChI=1S/C11H16N2O2/c1-8-11(6-14)9(2)13(12-8)5-10-3-4-15-7-10/h6,10H,3-5,7H2,1-2H3. The fourth-order valence-corrected chi connectivity index (χ4v) is 2.03. The van der Waals surface area contributed by atoms with Crippen molar-refractivity contribution in [1.29, 1.82) is 0 Å². The number of hydrogen-bond acceptors (Lipinski definition) is 3. The normalized spacial score (nSPS) is 20.8. The number of nitrogens with zero attached hydrogens (tertiary/aromatic N) is 2. The SMILES string of the molecule is Cc1nn(CC2CCOC2)c(C)c1C=O. The van der Waals surface area contributed by atoms with Crippen molar-refractivity contribution in [3.05, 3.63) is 17.0 Å². The fraction of sp³-hybridized carbons (Fsp3) is 0.636. The lowest BCUT2D eigenvalue weighted by Crippen LogP contribution is -2.13. The Hall–Kier alpha value is -1.16. The number of hydrogen-bond donors (Lipinski definition) is 0. The van der Waals surface area contributed by atoms with E-state index in [0.29, 0.717) is 5.92 Å². The average Bonchev–Trinajstić information content (AvgIpc) is 2.78. The highest BCUT2D eigenvalue weighted by atomic mass is 16.5. The van der Waals surface area contributed by atoms with Gasteiger partial charge in [0.25, 0.3) is 0 Å². The minimum Gasteiger partial charge on any atom is -0.381 e. The van der Waals surface area contributed by atoms with Crippen molar-refractivity contribution in [3.8, 4) is 0 Å². The topological polar surface area (TPSA) is 44.1 Å². The number of carbonyl (C=O) groups excluding carboxylic acids is 1. The molecule has 0 N–H and O–H groups in total. The van der Waals surface area contributed by atoms with Crippen LogP contribution in [-0.2, 0) is 11.3 Å². The first-order valence-corrected chi connectivity index (χ1v) is 5.29. The molecule has 0 amide bonds. The molecule has 1 aromatic rings. The second kappa shape index (κ2) is 4.14. The van der Waals surface area contributed by atoms with E-state index in [-0.39, 0.29) is 0 Å². The number of ether oxygens (including phenoxy) is 1. The largest absolute Gasteiger partial charge is 0.381 e. The predicted molar refractivity (Wildman–Crippen MR) is 56.0 cm³/mol. The predicted octanol–water partition coefficient (Wildman–Crippen LogP) is 1.35. The van der Waals surface area contributed by atoms with Crippen molar-refractivity contribution in [3.63, 3.8) is 0 Å². The zero-order valence-electron chi connectivity index (χ0n) is 9.19. The summed E-state index contributed by atoms with van der Waals surface area (Å²) in [5.74, 6) is 0.544. The Morgan fingerprint density at radius 1 is 1.60 bits per heavy atom. The Labute approximate surface area is 89.2 Å². The van der Waals surface area contributed by atoms with E-state index in [0.717, 1.165) is 49.4 Å². The van der Waals surface area contributed by atoms with E-state index in [4.69, 9.17) is 4.74 Å². The van der Waals surface area contributed by atoms with Crippen LogP contribution in [0.5, 0.6) is 0 Å². The van der Waals surface area contributed by atoms with Crippen LogP contribution in [0.1, 0.15) is 28.2 Å². The van der Waals surface area contributed by atoms with E-state index in [2.05, 4.69) is 5.10 Å². The highest BCUT2D eigenvalue weighted by Gasteiger charge is 2.19. The van der Waals surface area contributed by atoms with Gasteiger partial charge in [-0.3, -0.25) is 9.48 Å². The van der Waals surface area contributed by atoms with Gasteiger partial charge in [0.05, 0.1) is 17.9 Å². The smallest absolute Gasteiger partial charge is 0.153 e. The zero-order chi connectivity index (χ0) is 10.8. The van der Waals surface area contributed by atoms with Gasteiger partial charge < -0.3 is 4.74 Å². The molecule has 1 aliphatic heterocycles. The summed E-state index contributed by atoms with van der Waals surface area (Å²) in [6.45, 7) is 6.34.